The molecular weight excluding hydrogens is 362 g/mol. The van der Waals surface area contributed by atoms with Crippen molar-refractivity contribution in [3.8, 4) is 0 Å². The molecule has 0 aliphatic carbocycles. The minimum Gasteiger partial charge on any atom is -0.354 e. The average Bonchev–Trinajstić information content (AvgIpc) is 2.99. The molecule has 0 spiro atoms. The van der Waals surface area contributed by atoms with Crippen molar-refractivity contribution in [2.24, 2.45) is 0 Å². The van der Waals surface area contributed by atoms with Crippen LogP contribution in [0.15, 0.2) is 36.4 Å². The second-order valence-electron chi connectivity index (χ2n) is 8.27. The highest BCUT2D eigenvalue weighted by Crippen LogP contribution is 2.34. The van der Waals surface area contributed by atoms with E-state index < -0.39 is 0 Å². The van der Waals surface area contributed by atoms with Gasteiger partial charge in [-0.25, -0.2) is 0 Å². The van der Waals surface area contributed by atoms with E-state index in [1.165, 1.54) is 11.1 Å². The molecule has 152 valence electrons. The van der Waals surface area contributed by atoms with Gasteiger partial charge in [0.25, 0.3) is 11.8 Å². The maximum Gasteiger partial charge on any atom is 0.257 e. The summed E-state index contributed by atoms with van der Waals surface area (Å²) in [7, 11) is 2.03. The van der Waals surface area contributed by atoms with E-state index in [1.54, 1.807) is 12.1 Å². The van der Waals surface area contributed by atoms with Gasteiger partial charge in [-0.15, -0.1) is 0 Å². The quantitative estimate of drug-likeness (QED) is 0.860. The molecule has 29 heavy (non-hydrogen) atoms. The van der Waals surface area contributed by atoms with Crippen molar-refractivity contribution in [3.63, 3.8) is 0 Å². The lowest BCUT2D eigenvalue weighted by Gasteiger charge is -2.43. The molecule has 1 saturated heterocycles. The molecule has 2 heterocycles. The predicted molar refractivity (Wildman–Crippen MR) is 115 cm³/mol. The second kappa shape index (κ2) is 7.90. The first-order chi connectivity index (χ1) is 14.0. The number of nitrogens with zero attached hydrogens (tertiary/aromatic N) is 2. The summed E-state index contributed by atoms with van der Waals surface area (Å²) in [6.45, 7) is 5.46. The van der Waals surface area contributed by atoms with E-state index >= 15 is 0 Å². The number of amides is 2. The second-order valence-corrected chi connectivity index (χ2v) is 8.27. The van der Waals surface area contributed by atoms with Crippen LogP contribution in [0.25, 0.3) is 0 Å². The molecule has 2 aliphatic rings. The third kappa shape index (κ3) is 3.74. The fourth-order valence-electron chi connectivity index (χ4n) is 4.39. The van der Waals surface area contributed by atoms with Gasteiger partial charge in [0.1, 0.15) is 6.17 Å². The monoisotopic (exact) mass is 391 g/mol. The van der Waals surface area contributed by atoms with Crippen molar-refractivity contribution in [2.75, 3.05) is 18.5 Å². The molecule has 4 rings (SSSR count). The number of carbonyl (C=O) groups is 2. The number of rotatable bonds is 3. The third-order valence-electron chi connectivity index (χ3n) is 6.32. The summed E-state index contributed by atoms with van der Waals surface area (Å²) in [5.41, 5.74) is 5.69. The van der Waals surface area contributed by atoms with Crippen molar-refractivity contribution in [3.05, 3.63) is 64.2 Å². The van der Waals surface area contributed by atoms with Gasteiger partial charge in [-0.1, -0.05) is 24.6 Å². The number of aryl methyl sites for hydroxylation is 2. The fourth-order valence-corrected chi connectivity index (χ4v) is 4.39. The van der Waals surface area contributed by atoms with Gasteiger partial charge in [-0.05, 0) is 68.0 Å². The lowest BCUT2D eigenvalue weighted by atomic mass is 10.0. The van der Waals surface area contributed by atoms with Gasteiger partial charge in [0.2, 0.25) is 0 Å². The Hall–Kier alpha value is -2.82. The molecule has 2 aliphatic heterocycles. The van der Waals surface area contributed by atoms with E-state index in [1.807, 2.05) is 24.1 Å². The highest BCUT2D eigenvalue weighted by atomic mass is 16.2. The molecule has 1 atom stereocenters. The van der Waals surface area contributed by atoms with Gasteiger partial charge in [0.05, 0.1) is 11.3 Å². The van der Waals surface area contributed by atoms with Gasteiger partial charge in [0, 0.05) is 25.7 Å². The van der Waals surface area contributed by atoms with E-state index in [4.69, 9.17) is 0 Å². The third-order valence-corrected chi connectivity index (χ3v) is 6.32. The molecule has 2 aromatic carbocycles. The van der Waals surface area contributed by atoms with Gasteiger partial charge in [-0.2, -0.15) is 0 Å². The molecule has 0 saturated carbocycles. The van der Waals surface area contributed by atoms with E-state index in [9.17, 15) is 9.59 Å². The van der Waals surface area contributed by atoms with Crippen molar-refractivity contribution in [2.45, 2.75) is 52.2 Å². The molecule has 1 unspecified atom stereocenters. The van der Waals surface area contributed by atoms with Gasteiger partial charge in [-0.3, -0.25) is 9.59 Å². The van der Waals surface area contributed by atoms with Crippen LogP contribution in [0.1, 0.15) is 63.1 Å². The number of anilines is 1. The summed E-state index contributed by atoms with van der Waals surface area (Å²) in [6.07, 6.45) is 4.42. The Morgan fingerprint density at radius 1 is 1.07 bits per heavy atom. The topological polar surface area (TPSA) is 52.7 Å². The fraction of sp³-hybridized carbons (Fsp3) is 0.417. The summed E-state index contributed by atoms with van der Waals surface area (Å²) in [6, 6.07) is 11.7. The smallest absolute Gasteiger partial charge is 0.257 e. The van der Waals surface area contributed by atoms with Crippen LogP contribution in [0.4, 0.5) is 5.69 Å². The summed E-state index contributed by atoms with van der Waals surface area (Å²) in [4.78, 5) is 29.9. The zero-order valence-corrected chi connectivity index (χ0v) is 17.5. The van der Waals surface area contributed by atoms with Crippen LogP contribution in [-0.4, -0.2) is 36.5 Å². The van der Waals surface area contributed by atoms with Crippen molar-refractivity contribution in [1.82, 2.24) is 10.2 Å². The first kappa shape index (κ1) is 19.5. The molecule has 5 nitrogen and oxygen atoms in total. The number of nitrogens with one attached hydrogen (secondary N) is 1. The molecule has 1 N–H and O–H groups in total. The number of benzene rings is 2. The highest BCUT2D eigenvalue weighted by molar-refractivity contribution is 6.04. The Morgan fingerprint density at radius 2 is 1.90 bits per heavy atom. The van der Waals surface area contributed by atoms with E-state index in [2.05, 4.69) is 36.2 Å². The van der Waals surface area contributed by atoms with Crippen LogP contribution in [0.2, 0.25) is 0 Å². The average molecular weight is 392 g/mol. The van der Waals surface area contributed by atoms with E-state index in [0.29, 0.717) is 17.7 Å². The Bertz CT molecular complexity index is 953. The van der Waals surface area contributed by atoms with Crippen LogP contribution < -0.4 is 10.2 Å². The van der Waals surface area contributed by atoms with Gasteiger partial charge in [0.15, 0.2) is 0 Å². The standard InChI is InChI=1S/C24H29N3O2/c1-16-8-9-18(13-17(16)2)15-25-23(28)19-10-11-20-21(14-19)26(3)22-7-5-4-6-12-27(22)24(20)29/h8-11,13-14,22H,4-7,12,15H2,1-3H3,(H,25,28). The zero-order valence-electron chi connectivity index (χ0n) is 17.5. The molecule has 0 bridgehead atoms. The largest absolute Gasteiger partial charge is 0.354 e. The maximum absolute atomic E-state index is 13.0. The number of hydrogen-bond acceptors (Lipinski definition) is 3. The number of hydrogen-bond donors (Lipinski definition) is 1. The molecular formula is C24H29N3O2. The van der Waals surface area contributed by atoms with Crippen LogP contribution >= 0.6 is 0 Å². The van der Waals surface area contributed by atoms with Crippen LogP contribution in [0.5, 0.6) is 0 Å². The Balaban J connectivity index is 1.53. The molecule has 2 amide bonds. The minimum absolute atomic E-state index is 0.0892. The van der Waals surface area contributed by atoms with Crippen LogP contribution in [0, 0.1) is 13.8 Å². The summed E-state index contributed by atoms with van der Waals surface area (Å²) < 4.78 is 0. The van der Waals surface area contributed by atoms with Crippen molar-refractivity contribution < 1.29 is 9.59 Å². The minimum atomic E-state index is -0.116. The summed E-state index contributed by atoms with van der Waals surface area (Å²) in [5.74, 6) is -0.0257. The van der Waals surface area contributed by atoms with Crippen molar-refractivity contribution in [1.29, 1.82) is 0 Å². The lowest BCUT2D eigenvalue weighted by molar-refractivity contribution is 0.0661. The maximum atomic E-state index is 13.0. The molecule has 5 heteroatoms. The zero-order chi connectivity index (χ0) is 20.5. The Morgan fingerprint density at radius 3 is 2.69 bits per heavy atom. The SMILES string of the molecule is Cc1ccc(CNC(=O)c2ccc3c(c2)N(C)C2CCCCCN2C3=O)cc1C. The van der Waals surface area contributed by atoms with E-state index in [-0.39, 0.29) is 18.0 Å². The van der Waals surface area contributed by atoms with Gasteiger partial charge >= 0.3 is 0 Å². The number of carbonyl (C=O) groups excluding carboxylic acids is 2. The highest BCUT2D eigenvalue weighted by Gasteiger charge is 2.36. The summed E-state index contributed by atoms with van der Waals surface area (Å²) >= 11 is 0. The van der Waals surface area contributed by atoms with Crippen LogP contribution in [-0.2, 0) is 6.54 Å². The first-order valence-corrected chi connectivity index (χ1v) is 10.5. The summed E-state index contributed by atoms with van der Waals surface area (Å²) in [5, 5.41) is 3.01. The lowest BCUT2D eigenvalue weighted by Crippen LogP contribution is -2.53. The van der Waals surface area contributed by atoms with Gasteiger partial charge < -0.3 is 15.1 Å². The molecule has 0 radical (unpaired) electrons. The predicted octanol–water partition coefficient (Wildman–Crippen LogP) is 4.03. The van der Waals surface area contributed by atoms with Crippen molar-refractivity contribution >= 4 is 17.5 Å². The first-order valence-electron chi connectivity index (χ1n) is 10.5. The molecule has 1 fully saturated rings. The van der Waals surface area contributed by atoms with Crippen LogP contribution in [0.3, 0.4) is 0 Å². The molecule has 2 aromatic rings. The Labute approximate surface area is 172 Å². The Kier molecular flexibility index (Phi) is 5.31. The number of fused-ring (bicyclic) bond motifs is 2. The van der Waals surface area contributed by atoms with E-state index in [0.717, 1.165) is 43.5 Å². The normalized spacial score (nSPS) is 18.7. The molecule has 0 aromatic heterocycles.